The highest BCUT2D eigenvalue weighted by Gasteiger charge is 2.18. The summed E-state index contributed by atoms with van der Waals surface area (Å²) in [6, 6.07) is 16.9. The van der Waals surface area contributed by atoms with Crippen LogP contribution < -0.4 is 9.62 Å². The van der Waals surface area contributed by atoms with Crippen LogP contribution in [0.4, 0.5) is 11.4 Å². The van der Waals surface area contributed by atoms with Gasteiger partial charge in [0.15, 0.2) is 0 Å². The Hall–Kier alpha value is -2.31. The topological polar surface area (TPSA) is 52.6 Å². The van der Waals surface area contributed by atoms with E-state index in [-0.39, 0.29) is 0 Å². The van der Waals surface area contributed by atoms with E-state index >= 15 is 0 Å². The van der Waals surface area contributed by atoms with E-state index in [9.17, 15) is 8.42 Å². The number of para-hydroxylation sites is 2. The van der Waals surface area contributed by atoms with Gasteiger partial charge in [0, 0.05) is 26.2 Å². The summed E-state index contributed by atoms with van der Waals surface area (Å²) < 4.78 is 27.6. The average Bonchev–Trinajstić information content (AvgIpc) is 2.62. The number of nitrogens with zero attached hydrogens (tertiary/aromatic N) is 2. The third kappa shape index (κ3) is 4.84. The van der Waals surface area contributed by atoms with E-state index in [1.807, 2.05) is 54.6 Å². The standard InChI is InChI=1S/C19H23N3O2S/c1-21-12-14-22(15-13-21)19-10-6-5-9-18(19)20-25(23,24)16-11-17-7-3-2-4-8-17/h2-11,16,20H,12-15H2,1H3/b16-11+. The van der Waals surface area contributed by atoms with Gasteiger partial charge in [0.25, 0.3) is 10.0 Å². The lowest BCUT2D eigenvalue weighted by molar-refractivity contribution is 0.313. The summed E-state index contributed by atoms with van der Waals surface area (Å²) in [7, 11) is -1.47. The van der Waals surface area contributed by atoms with Gasteiger partial charge in [-0.3, -0.25) is 4.72 Å². The largest absolute Gasteiger partial charge is 0.367 e. The summed E-state index contributed by atoms with van der Waals surface area (Å²) >= 11 is 0. The highest BCUT2D eigenvalue weighted by molar-refractivity contribution is 7.95. The Balaban J connectivity index is 1.77. The lowest BCUT2D eigenvalue weighted by Gasteiger charge is -2.35. The third-order valence-corrected chi connectivity index (χ3v) is 5.24. The molecule has 1 aliphatic heterocycles. The quantitative estimate of drug-likeness (QED) is 0.894. The zero-order valence-corrected chi connectivity index (χ0v) is 15.1. The molecule has 5 nitrogen and oxygen atoms in total. The number of sulfonamides is 1. The number of hydrogen-bond donors (Lipinski definition) is 1. The molecule has 0 saturated carbocycles. The molecule has 0 amide bonds. The smallest absolute Gasteiger partial charge is 0.255 e. The van der Waals surface area contributed by atoms with E-state index in [0.29, 0.717) is 5.69 Å². The number of likely N-dealkylation sites (N-methyl/N-ethyl adjacent to an activating group) is 1. The zero-order valence-electron chi connectivity index (χ0n) is 14.3. The first-order valence-electron chi connectivity index (χ1n) is 8.32. The van der Waals surface area contributed by atoms with Gasteiger partial charge in [-0.15, -0.1) is 0 Å². The number of rotatable bonds is 5. The van der Waals surface area contributed by atoms with Crippen molar-refractivity contribution < 1.29 is 8.42 Å². The Morgan fingerprint density at radius 3 is 2.28 bits per heavy atom. The van der Waals surface area contributed by atoms with E-state index < -0.39 is 10.0 Å². The maximum Gasteiger partial charge on any atom is 0.255 e. The molecule has 3 rings (SSSR count). The normalized spacial score (nSPS) is 16.3. The lowest BCUT2D eigenvalue weighted by atomic mass is 10.2. The molecule has 0 aromatic heterocycles. The maximum atomic E-state index is 12.4. The predicted molar refractivity (Wildman–Crippen MR) is 104 cm³/mol. The monoisotopic (exact) mass is 357 g/mol. The summed E-state index contributed by atoms with van der Waals surface area (Å²) in [6.07, 6.45) is 1.60. The van der Waals surface area contributed by atoms with Gasteiger partial charge in [-0.2, -0.15) is 0 Å². The molecule has 25 heavy (non-hydrogen) atoms. The van der Waals surface area contributed by atoms with E-state index in [4.69, 9.17) is 0 Å². The molecule has 2 aromatic rings. The number of piperazine rings is 1. The molecule has 0 atom stereocenters. The second-order valence-corrected chi connectivity index (χ2v) is 7.73. The van der Waals surface area contributed by atoms with Crippen molar-refractivity contribution in [1.29, 1.82) is 0 Å². The minimum atomic E-state index is -3.57. The van der Waals surface area contributed by atoms with E-state index in [1.54, 1.807) is 6.08 Å². The molecule has 1 fully saturated rings. The van der Waals surface area contributed by atoms with Crippen molar-refractivity contribution in [1.82, 2.24) is 4.90 Å². The second-order valence-electron chi connectivity index (χ2n) is 6.17. The number of benzene rings is 2. The Labute approximate surface area is 149 Å². The van der Waals surface area contributed by atoms with Gasteiger partial charge in [0.1, 0.15) is 0 Å². The summed E-state index contributed by atoms with van der Waals surface area (Å²) in [6.45, 7) is 3.70. The molecule has 0 radical (unpaired) electrons. The maximum absolute atomic E-state index is 12.4. The van der Waals surface area contributed by atoms with E-state index in [2.05, 4.69) is 21.6 Å². The highest BCUT2D eigenvalue weighted by atomic mass is 32.2. The molecule has 1 heterocycles. The molecule has 0 bridgehead atoms. The van der Waals surface area contributed by atoms with E-state index in [1.165, 1.54) is 5.41 Å². The van der Waals surface area contributed by atoms with Gasteiger partial charge in [-0.25, -0.2) is 8.42 Å². The predicted octanol–water partition coefficient (Wildman–Crippen LogP) is 2.85. The Kier molecular flexibility index (Phi) is 5.40. The molecule has 2 aromatic carbocycles. The fraction of sp³-hybridized carbons (Fsp3) is 0.263. The van der Waals surface area contributed by atoms with Crippen molar-refractivity contribution in [2.75, 3.05) is 42.8 Å². The fourth-order valence-electron chi connectivity index (χ4n) is 2.80. The zero-order chi connectivity index (χ0) is 17.7. The Morgan fingerprint density at radius 1 is 0.920 bits per heavy atom. The van der Waals surface area contributed by atoms with Crippen LogP contribution in [0.15, 0.2) is 60.0 Å². The fourth-order valence-corrected chi connectivity index (χ4v) is 3.69. The minimum absolute atomic E-state index is 0.616. The van der Waals surface area contributed by atoms with Crippen LogP contribution in [0.5, 0.6) is 0 Å². The second kappa shape index (κ2) is 7.72. The minimum Gasteiger partial charge on any atom is -0.367 e. The van der Waals surface area contributed by atoms with Crippen molar-refractivity contribution in [3.8, 4) is 0 Å². The Morgan fingerprint density at radius 2 is 1.56 bits per heavy atom. The first kappa shape index (κ1) is 17.5. The number of anilines is 2. The Bertz CT molecular complexity index is 827. The van der Waals surface area contributed by atoms with Gasteiger partial charge >= 0.3 is 0 Å². The molecular formula is C19H23N3O2S. The molecule has 1 N–H and O–H groups in total. The van der Waals surface area contributed by atoms with Crippen molar-refractivity contribution in [3.63, 3.8) is 0 Å². The summed E-state index contributed by atoms with van der Waals surface area (Å²) in [5.74, 6) is 0. The van der Waals surface area contributed by atoms with Gasteiger partial charge in [-0.05, 0) is 30.8 Å². The molecule has 1 saturated heterocycles. The lowest BCUT2D eigenvalue weighted by Crippen LogP contribution is -2.44. The molecule has 0 spiro atoms. The summed E-state index contributed by atoms with van der Waals surface area (Å²) in [4.78, 5) is 4.49. The van der Waals surface area contributed by atoms with Crippen LogP contribution in [0.2, 0.25) is 0 Å². The average molecular weight is 357 g/mol. The number of hydrogen-bond acceptors (Lipinski definition) is 4. The van der Waals surface area contributed by atoms with Gasteiger partial charge in [-0.1, -0.05) is 42.5 Å². The molecule has 6 heteroatoms. The molecule has 132 valence electrons. The van der Waals surface area contributed by atoms with Crippen LogP contribution in [-0.4, -0.2) is 46.5 Å². The van der Waals surface area contributed by atoms with Crippen LogP contribution in [0.1, 0.15) is 5.56 Å². The third-order valence-electron chi connectivity index (χ3n) is 4.24. The van der Waals surface area contributed by atoms with Crippen LogP contribution in [0.25, 0.3) is 6.08 Å². The summed E-state index contributed by atoms with van der Waals surface area (Å²) in [5, 5.41) is 1.21. The SMILES string of the molecule is CN1CCN(c2ccccc2NS(=O)(=O)/C=C/c2ccccc2)CC1. The van der Waals surface area contributed by atoms with Crippen LogP contribution in [-0.2, 0) is 10.0 Å². The van der Waals surface area contributed by atoms with Crippen molar-refractivity contribution in [2.45, 2.75) is 0 Å². The van der Waals surface area contributed by atoms with Gasteiger partial charge in [0.05, 0.1) is 16.8 Å². The van der Waals surface area contributed by atoms with Crippen molar-refractivity contribution in [2.24, 2.45) is 0 Å². The first-order chi connectivity index (χ1) is 12.0. The van der Waals surface area contributed by atoms with Crippen molar-refractivity contribution >= 4 is 27.5 Å². The van der Waals surface area contributed by atoms with Gasteiger partial charge < -0.3 is 9.80 Å². The van der Waals surface area contributed by atoms with Crippen molar-refractivity contribution in [3.05, 3.63) is 65.6 Å². The van der Waals surface area contributed by atoms with E-state index in [0.717, 1.165) is 37.4 Å². The first-order valence-corrected chi connectivity index (χ1v) is 9.87. The molecular weight excluding hydrogens is 334 g/mol. The molecule has 0 unspecified atom stereocenters. The van der Waals surface area contributed by atoms with Crippen LogP contribution >= 0.6 is 0 Å². The number of nitrogens with one attached hydrogen (secondary N) is 1. The molecule has 0 aliphatic carbocycles. The van der Waals surface area contributed by atoms with Crippen LogP contribution in [0, 0.1) is 0 Å². The van der Waals surface area contributed by atoms with Crippen LogP contribution in [0.3, 0.4) is 0 Å². The molecule has 1 aliphatic rings. The summed E-state index contributed by atoms with van der Waals surface area (Å²) in [5.41, 5.74) is 2.39. The van der Waals surface area contributed by atoms with Gasteiger partial charge in [0.2, 0.25) is 0 Å². The highest BCUT2D eigenvalue weighted by Crippen LogP contribution is 2.27.